The number of rotatable bonds is 5. The Morgan fingerprint density at radius 2 is 2.19 bits per heavy atom. The third kappa shape index (κ3) is 3.68. The molecule has 3 rings (SSSR count). The number of halogens is 1. The second-order valence-corrected chi connectivity index (χ2v) is 6.24. The number of aromatic nitrogens is 2. The van der Waals surface area contributed by atoms with E-state index in [1.807, 2.05) is 0 Å². The Labute approximate surface area is 150 Å². The average Bonchev–Trinajstić information content (AvgIpc) is 3.08. The van der Waals surface area contributed by atoms with Crippen LogP contribution in [0.1, 0.15) is 34.8 Å². The van der Waals surface area contributed by atoms with E-state index in [2.05, 4.69) is 5.10 Å². The fourth-order valence-electron chi connectivity index (χ4n) is 3.26. The van der Waals surface area contributed by atoms with Gasteiger partial charge in [0.15, 0.2) is 0 Å². The molecule has 2 aromatic rings. The predicted octanol–water partition coefficient (Wildman–Crippen LogP) is 2.14. The van der Waals surface area contributed by atoms with E-state index < -0.39 is 17.7 Å². The summed E-state index contributed by atoms with van der Waals surface area (Å²) in [5.41, 5.74) is 0.677. The highest BCUT2D eigenvalue weighted by atomic mass is 19.1. The second-order valence-electron chi connectivity index (χ2n) is 6.24. The first kappa shape index (κ1) is 17.9. The van der Waals surface area contributed by atoms with Crippen LogP contribution in [0.4, 0.5) is 4.39 Å². The van der Waals surface area contributed by atoms with Gasteiger partial charge in [-0.3, -0.25) is 14.3 Å². The molecule has 0 aliphatic carbocycles. The maximum atomic E-state index is 14.2. The van der Waals surface area contributed by atoms with E-state index >= 15 is 0 Å². The van der Waals surface area contributed by atoms with E-state index in [0.717, 1.165) is 18.5 Å². The van der Waals surface area contributed by atoms with Crippen molar-refractivity contribution in [3.05, 3.63) is 47.5 Å². The van der Waals surface area contributed by atoms with Crippen molar-refractivity contribution in [2.75, 3.05) is 20.2 Å². The van der Waals surface area contributed by atoms with Crippen LogP contribution in [0.3, 0.4) is 0 Å². The SMILES string of the molecule is COc1cccc(F)c1C(=O)N1CCCC(c2ccn(CC(=O)O)n2)C1. The second kappa shape index (κ2) is 7.55. The van der Waals surface area contributed by atoms with Gasteiger partial charge in [-0.05, 0) is 31.0 Å². The van der Waals surface area contributed by atoms with E-state index in [9.17, 15) is 14.0 Å². The van der Waals surface area contributed by atoms with Crippen LogP contribution in [0.5, 0.6) is 5.75 Å². The van der Waals surface area contributed by atoms with Gasteiger partial charge in [-0.25, -0.2) is 4.39 Å². The number of methoxy groups -OCH3 is 1. The van der Waals surface area contributed by atoms with E-state index in [1.165, 1.54) is 23.9 Å². The Morgan fingerprint density at radius 1 is 1.38 bits per heavy atom. The minimum Gasteiger partial charge on any atom is -0.496 e. The molecule has 1 atom stereocenters. The number of carboxylic acids is 1. The van der Waals surface area contributed by atoms with Crippen LogP contribution in [-0.4, -0.2) is 51.9 Å². The van der Waals surface area contributed by atoms with Gasteiger partial charge >= 0.3 is 5.97 Å². The van der Waals surface area contributed by atoms with Crippen molar-refractivity contribution in [1.82, 2.24) is 14.7 Å². The number of amides is 1. The molecule has 1 fully saturated rings. The quantitative estimate of drug-likeness (QED) is 0.882. The summed E-state index contributed by atoms with van der Waals surface area (Å²) >= 11 is 0. The summed E-state index contributed by atoms with van der Waals surface area (Å²) in [6.07, 6.45) is 3.21. The number of piperidine rings is 1. The highest BCUT2D eigenvalue weighted by Crippen LogP contribution is 2.29. The smallest absolute Gasteiger partial charge is 0.325 e. The zero-order valence-electron chi connectivity index (χ0n) is 14.4. The van der Waals surface area contributed by atoms with Crippen molar-refractivity contribution in [3.63, 3.8) is 0 Å². The molecule has 0 spiro atoms. The van der Waals surface area contributed by atoms with Crippen LogP contribution >= 0.6 is 0 Å². The van der Waals surface area contributed by atoms with Gasteiger partial charge < -0.3 is 14.7 Å². The minimum absolute atomic E-state index is 0.0134. The van der Waals surface area contributed by atoms with Crippen molar-refractivity contribution in [3.8, 4) is 5.75 Å². The average molecular weight is 361 g/mol. The van der Waals surface area contributed by atoms with Crippen LogP contribution < -0.4 is 4.74 Å². The Morgan fingerprint density at radius 3 is 2.92 bits per heavy atom. The molecule has 0 bridgehead atoms. The summed E-state index contributed by atoms with van der Waals surface area (Å²) in [4.78, 5) is 25.2. The van der Waals surface area contributed by atoms with Crippen LogP contribution in [0.2, 0.25) is 0 Å². The van der Waals surface area contributed by atoms with Crippen LogP contribution in [-0.2, 0) is 11.3 Å². The Balaban J connectivity index is 1.77. The van der Waals surface area contributed by atoms with Crippen LogP contribution in [0.15, 0.2) is 30.5 Å². The van der Waals surface area contributed by atoms with Gasteiger partial charge in [-0.15, -0.1) is 0 Å². The molecule has 138 valence electrons. The topological polar surface area (TPSA) is 84.7 Å². The summed E-state index contributed by atoms with van der Waals surface area (Å²) in [5, 5.41) is 13.1. The number of ether oxygens (including phenoxy) is 1. The molecule has 1 unspecified atom stereocenters. The lowest BCUT2D eigenvalue weighted by Gasteiger charge is -2.32. The molecule has 1 saturated heterocycles. The van der Waals surface area contributed by atoms with Crippen molar-refractivity contribution in [1.29, 1.82) is 0 Å². The molecule has 2 heterocycles. The highest BCUT2D eigenvalue weighted by Gasteiger charge is 2.30. The van der Waals surface area contributed by atoms with Crippen molar-refractivity contribution in [2.24, 2.45) is 0 Å². The lowest BCUT2D eigenvalue weighted by molar-refractivity contribution is -0.137. The number of nitrogens with zero attached hydrogens (tertiary/aromatic N) is 3. The van der Waals surface area contributed by atoms with Gasteiger partial charge in [-0.2, -0.15) is 5.10 Å². The molecule has 1 N–H and O–H groups in total. The van der Waals surface area contributed by atoms with Gasteiger partial charge in [-0.1, -0.05) is 6.07 Å². The summed E-state index contributed by atoms with van der Waals surface area (Å²) in [7, 11) is 1.40. The van der Waals surface area contributed by atoms with Crippen molar-refractivity contribution in [2.45, 2.75) is 25.3 Å². The molecule has 0 saturated carbocycles. The molecule has 1 aliphatic heterocycles. The lowest BCUT2D eigenvalue weighted by atomic mass is 9.94. The maximum Gasteiger partial charge on any atom is 0.325 e. The van der Waals surface area contributed by atoms with Crippen molar-refractivity contribution < 1.29 is 23.8 Å². The molecule has 1 aliphatic rings. The minimum atomic E-state index is -0.966. The first-order valence-electron chi connectivity index (χ1n) is 8.36. The number of carboxylic acid groups (broad SMARTS) is 1. The van der Waals surface area contributed by atoms with E-state index in [0.29, 0.717) is 13.1 Å². The first-order chi connectivity index (χ1) is 12.5. The number of hydrogen-bond donors (Lipinski definition) is 1. The van der Waals surface area contributed by atoms with Crippen molar-refractivity contribution >= 4 is 11.9 Å². The molecule has 1 amide bonds. The third-order valence-electron chi connectivity index (χ3n) is 4.49. The Bertz CT molecular complexity index is 821. The fraction of sp³-hybridized carbons (Fsp3) is 0.389. The van der Waals surface area contributed by atoms with Gasteiger partial charge in [0.2, 0.25) is 0 Å². The fourth-order valence-corrected chi connectivity index (χ4v) is 3.26. The van der Waals surface area contributed by atoms with Crippen LogP contribution in [0.25, 0.3) is 0 Å². The molecule has 0 radical (unpaired) electrons. The van der Waals surface area contributed by atoms with Gasteiger partial charge in [0.1, 0.15) is 23.7 Å². The highest BCUT2D eigenvalue weighted by molar-refractivity contribution is 5.97. The molecular formula is C18H20FN3O4. The van der Waals surface area contributed by atoms with Crippen LogP contribution in [0, 0.1) is 5.82 Å². The van der Waals surface area contributed by atoms with E-state index in [4.69, 9.17) is 9.84 Å². The number of hydrogen-bond acceptors (Lipinski definition) is 4. The number of carbonyl (C=O) groups excluding carboxylic acids is 1. The normalized spacial score (nSPS) is 17.2. The largest absolute Gasteiger partial charge is 0.496 e. The third-order valence-corrected chi connectivity index (χ3v) is 4.49. The summed E-state index contributed by atoms with van der Waals surface area (Å²) in [5.74, 6) is -1.79. The molecule has 1 aromatic heterocycles. The van der Waals surface area contributed by atoms with E-state index in [1.54, 1.807) is 23.2 Å². The number of carbonyl (C=O) groups is 2. The number of aliphatic carboxylic acids is 1. The summed E-state index contributed by atoms with van der Waals surface area (Å²) in [6.45, 7) is 0.727. The van der Waals surface area contributed by atoms with Gasteiger partial charge in [0.25, 0.3) is 5.91 Å². The zero-order valence-corrected chi connectivity index (χ0v) is 14.4. The molecular weight excluding hydrogens is 341 g/mol. The maximum absolute atomic E-state index is 14.2. The molecule has 8 heteroatoms. The lowest BCUT2D eigenvalue weighted by Crippen LogP contribution is -2.39. The monoisotopic (exact) mass is 361 g/mol. The molecule has 1 aromatic carbocycles. The standard InChI is InChI=1S/C18H20FN3O4/c1-26-15-6-2-5-13(19)17(15)18(25)21-8-3-4-12(10-21)14-7-9-22(20-14)11-16(23)24/h2,5-7,9,12H,3-4,8,10-11H2,1H3,(H,23,24). The van der Waals surface area contributed by atoms with Gasteiger partial charge in [0.05, 0.1) is 12.8 Å². The van der Waals surface area contributed by atoms with E-state index in [-0.39, 0.29) is 23.8 Å². The Kier molecular flexibility index (Phi) is 5.20. The first-order valence-corrected chi connectivity index (χ1v) is 8.36. The van der Waals surface area contributed by atoms with Gasteiger partial charge in [0, 0.05) is 25.2 Å². The number of likely N-dealkylation sites (tertiary alicyclic amines) is 1. The number of benzene rings is 1. The summed E-state index contributed by atoms with van der Waals surface area (Å²) < 4.78 is 20.7. The zero-order chi connectivity index (χ0) is 18.7. The molecule has 26 heavy (non-hydrogen) atoms. The molecule has 7 nitrogen and oxygen atoms in total. The Hall–Kier alpha value is -2.90. The predicted molar refractivity (Wildman–Crippen MR) is 90.7 cm³/mol. The summed E-state index contributed by atoms with van der Waals surface area (Å²) in [6, 6.07) is 6.07.